The van der Waals surface area contributed by atoms with Crippen LogP contribution >= 0.6 is 11.3 Å². The van der Waals surface area contributed by atoms with Crippen LogP contribution in [0.4, 0.5) is 5.13 Å². The molecule has 0 saturated heterocycles. The first-order valence-corrected chi connectivity index (χ1v) is 5.85. The van der Waals surface area contributed by atoms with E-state index in [0.29, 0.717) is 0 Å². The van der Waals surface area contributed by atoms with Crippen LogP contribution in [0.3, 0.4) is 0 Å². The molecule has 1 aromatic heterocycles. The third-order valence-electron chi connectivity index (χ3n) is 2.29. The smallest absolute Gasteiger partial charge is 0.205 e. The minimum absolute atomic E-state index is 0.819. The highest BCUT2D eigenvalue weighted by Crippen LogP contribution is 2.13. The van der Waals surface area contributed by atoms with Crippen LogP contribution in [0.1, 0.15) is 18.1 Å². The summed E-state index contributed by atoms with van der Waals surface area (Å²) in [5, 5.41) is 11.9. The van der Waals surface area contributed by atoms with Gasteiger partial charge >= 0.3 is 0 Å². The third-order valence-corrected chi connectivity index (χ3v) is 2.94. The predicted molar refractivity (Wildman–Crippen MR) is 63.1 cm³/mol. The van der Waals surface area contributed by atoms with E-state index in [4.69, 9.17) is 0 Å². The van der Waals surface area contributed by atoms with Gasteiger partial charge in [0.1, 0.15) is 5.51 Å². The second-order valence-corrected chi connectivity index (χ2v) is 4.05. The number of aryl methyl sites for hydroxylation is 1. The van der Waals surface area contributed by atoms with Gasteiger partial charge in [-0.1, -0.05) is 42.5 Å². The van der Waals surface area contributed by atoms with Gasteiger partial charge in [0.15, 0.2) is 0 Å². The molecule has 0 aliphatic rings. The summed E-state index contributed by atoms with van der Waals surface area (Å²) in [5.74, 6) is 0. The molecular weight excluding hydrogens is 206 g/mol. The van der Waals surface area contributed by atoms with Crippen LogP contribution < -0.4 is 5.32 Å². The highest BCUT2D eigenvalue weighted by atomic mass is 32.1. The Hall–Kier alpha value is -1.42. The number of benzene rings is 1. The van der Waals surface area contributed by atoms with Gasteiger partial charge in [0, 0.05) is 6.54 Å². The molecule has 78 valence electrons. The number of aromatic nitrogens is 2. The minimum Gasteiger partial charge on any atom is -0.356 e. The van der Waals surface area contributed by atoms with Crippen molar-refractivity contribution in [1.82, 2.24) is 10.2 Å². The zero-order valence-electron chi connectivity index (χ0n) is 8.60. The molecule has 0 atom stereocenters. The number of nitrogens with zero attached hydrogens (tertiary/aromatic N) is 2. The Kier molecular flexibility index (Phi) is 3.29. The first kappa shape index (κ1) is 10.1. The van der Waals surface area contributed by atoms with E-state index in [9.17, 15) is 0 Å². The maximum Gasteiger partial charge on any atom is 0.205 e. The lowest BCUT2D eigenvalue weighted by atomic mass is 10.1. The summed E-state index contributed by atoms with van der Waals surface area (Å²) in [7, 11) is 0. The molecule has 0 amide bonds. The molecule has 15 heavy (non-hydrogen) atoms. The summed E-state index contributed by atoms with van der Waals surface area (Å²) in [6.45, 7) is 2.99. The van der Waals surface area contributed by atoms with Crippen LogP contribution in [0.2, 0.25) is 0 Å². The van der Waals surface area contributed by atoms with Crippen LogP contribution in [0, 0.1) is 0 Å². The molecule has 1 N–H and O–H groups in total. The topological polar surface area (TPSA) is 37.8 Å². The Morgan fingerprint density at radius 2 is 2.07 bits per heavy atom. The van der Waals surface area contributed by atoms with Crippen molar-refractivity contribution in [2.45, 2.75) is 19.9 Å². The number of hydrogen-bond donors (Lipinski definition) is 1. The van der Waals surface area contributed by atoms with Gasteiger partial charge in [-0.05, 0) is 17.5 Å². The zero-order valence-corrected chi connectivity index (χ0v) is 9.42. The number of hydrogen-bond acceptors (Lipinski definition) is 4. The SMILES string of the molecule is CCc1ccccc1CNc1nncs1. The molecular formula is C11H13N3S. The summed E-state index contributed by atoms with van der Waals surface area (Å²) in [5.41, 5.74) is 4.44. The zero-order chi connectivity index (χ0) is 10.5. The van der Waals surface area contributed by atoms with Crippen molar-refractivity contribution in [3.8, 4) is 0 Å². The van der Waals surface area contributed by atoms with E-state index in [1.807, 2.05) is 0 Å². The van der Waals surface area contributed by atoms with E-state index >= 15 is 0 Å². The number of rotatable bonds is 4. The average molecular weight is 219 g/mol. The first-order valence-electron chi connectivity index (χ1n) is 4.97. The van der Waals surface area contributed by atoms with Crippen LogP contribution in [0.25, 0.3) is 0 Å². The van der Waals surface area contributed by atoms with Gasteiger partial charge < -0.3 is 5.32 Å². The van der Waals surface area contributed by atoms with Gasteiger partial charge in [0.05, 0.1) is 0 Å². The van der Waals surface area contributed by atoms with Crippen LogP contribution in [0.15, 0.2) is 29.8 Å². The van der Waals surface area contributed by atoms with E-state index in [1.165, 1.54) is 22.5 Å². The van der Waals surface area contributed by atoms with Crippen molar-refractivity contribution >= 4 is 16.5 Å². The van der Waals surface area contributed by atoms with Gasteiger partial charge in [-0.2, -0.15) is 0 Å². The van der Waals surface area contributed by atoms with Gasteiger partial charge in [0.25, 0.3) is 0 Å². The molecule has 2 aromatic rings. The van der Waals surface area contributed by atoms with Crippen molar-refractivity contribution < 1.29 is 0 Å². The van der Waals surface area contributed by atoms with Gasteiger partial charge in [-0.25, -0.2) is 0 Å². The molecule has 1 aromatic carbocycles. The summed E-state index contributed by atoms with van der Waals surface area (Å²) < 4.78 is 0. The lowest BCUT2D eigenvalue weighted by molar-refractivity contribution is 1.02. The second-order valence-electron chi connectivity index (χ2n) is 3.22. The fourth-order valence-corrected chi connectivity index (χ4v) is 1.94. The molecule has 0 aliphatic carbocycles. The van der Waals surface area contributed by atoms with E-state index in [2.05, 4.69) is 46.7 Å². The fourth-order valence-electron chi connectivity index (χ4n) is 1.50. The number of nitrogens with one attached hydrogen (secondary N) is 1. The van der Waals surface area contributed by atoms with Crippen LogP contribution in [-0.4, -0.2) is 10.2 Å². The average Bonchev–Trinajstić information content (AvgIpc) is 2.79. The summed E-state index contributed by atoms with van der Waals surface area (Å²) in [6, 6.07) is 8.45. The van der Waals surface area contributed by atoms with E-state index in [-0.39, 0.29) is 0 Å². The largest absolute Gasteiger partial charge is 0.356 e. The van der Waals surface area contributed by atoms with Crippen molar-refractivity contribution in [1.29, 1.82) is 0 Å². The molecule has 0 saturated carbocycles. The minimum atomic E-state index is 0.819. The molecule has 0 bridgehead atoms. The molecule has 2 rings (SSSR count). The van der Waals surface area contributed by atoms with Crippen LogP contribution in [-0.2, 0) is 13.0 Å². The van der Waals surface area contributed by atoms with Gasteiger partial charge in [-0.15, -0.1) is 10.2 Å². The molecule has 0 fully saturated rings. The Balaban J connectivity index is 2.04. The molecule has 1 heterocycles. The Labute approximate surface area is 93.2 Å². The summed E-state index contributed by atoms with van der Waals surface area (Å²) >= 11 is 1.52. The maximum absolute atomic E-state index is 3.94. The molecule has 4 heteroatoms. The molecule has 0 radical (unpaired) electrons. The summed E-state index contributed by atoms with van der Waals surface area (Å²) in [4.78, 5) is 0. The van der Waals surface area contributed by atoms with E-state index in [1.54, 1.807) is 5.51 Å². The lowest BCUT2D eigenvalue weighted by Gasteiger charge is -2.07. The highest BCUT2D eigenvalue weighted by molar-refractivity contribution is 7.13. The maximum atomic E-state index is 3.94. The number of anilines is 1. The van der Waals surface area contributed by atoms with Gasteiger partial charge in [-0.3, -0.25) is 0 Å². The van der Waals surface area contributed by atoms with E-state index in [0.717, 1.165) is 18.1 Å². The summed E-state index contributed by atoms with van der Waals surface area (Å²) in [6.07, 6.45) is 1.06. The molecule has 0 unspecified atom stereocenters. The first-order chi connectivity index (χ1) is 7.40. The fraction of sp³-hybridized carbons (Fsp3) is 0.273. The highest BCUT2D eigenvalue weighted by Gasteiger charge is 2.00. The van der Waals surface area contributed by atoms with Crippen molar-refractivity contribution in [2.24, 2.45) is 0 Å². The molecule has 0 spiro atoms. The molecule has 0 aliphatic heterocycles. The van der Waals surface area contributed by atoms with E-state index < -0.39 is 0 Å². The van der Waals surface area contributed by atoms with Crippen molar-refractivity contribution in [2.75, 3.05) is 5.32 Å². The van der Waals surface area contributed by atoms with Crippen LogP contribution in [0.5, 0.6) is 0 Å². The van der Waals surface area contributed by atoms with Gasteiger partial charge in [0.2, 0.25) is 5.13 Å². The lowest BCUT2D eigenvalue weighted by Crippen LogP contribution is -2.02. The monoisotopic (exact) mass is 219 g/mol. The standard InChI is InChI=1S/C11H13N3S/c1-2-9-5-3-4-6-10(9)7-12-11-14-13-8-15-11/h3-6,8H,2,7H2,1H3,(H,12,14). The normalized spacial score (nSPS) is 10.2. The molecule has 3 nitrogen and oxygen atoms in total. The second kappa shape index (κ2) is 4.89. The predicted octanol–water partition coefficient (Wildman–Crippen LogP) is 2.71. The Morgan fingerprint density at radius 3 is 2.73 bits per heavy atom. The Bertz CT molecular complexity index is 412. The third kappa shape index (κ3) is 2.53. The Morgan fingerprint density at radius 1 is 1.27 bits per heavy atom. The van der Waals surface area contributed by atoms with Crippen molar-refractivity contribution in [3.05, 3.63) is 40.9 Å². The van der Waals surface area contributed by atoms with Crippen molar-refractivity contribution in [3.63, 3.8) is 0 Å². The quantitative estimate of drug-likeness (QED) is 0.859.